The Morgan fingerprint density at radius 3 is 2.96 bits per heavy atom. The van der Waals surface area contributed by atoms with Crippen LogP contribution in [0.1, 0.15) is 17.1 Å². The summed E-state index contributed by atoms with van der Waals surface area (Å²) in [7, 11) is 0. The van der Waals surface area contributed by atoms with E-state index >= 15 is 0 Å². The summed E-state index contributed by atoms with van der Waals surface area (Å²) in [4.78, 5) is 25.2. The topological polar surface area (TPSA) is 69.9 Å². The normalized spacial score (nSPS) is 16.3. The molecule has 1 aliphatic rings. The van der Waals surface area contributed by atoms with Crippen molar-refractivity contribution in [2.24, 2.45) is 0 Å². The first-order valence-electron chi connectivity index (χ1n) is 7.57. The Labute approximate surface area is 132 Å². The molecule has 1 unspecified atom stereocenters. The van der Waals surface area contributed by atoms with Crippen LogP contribution in [0, 0.1) is 13.8 Å². The molecule has 116 valence electrons. The number of aromatic nitrogens is 4. The van der Waals surface area contributed by atoms with E-state index in [0.717, 1.165) is 22.3 Å². The van der Waals surface area contributed by atoms with Gasteiger partial charge in [0, 0.05) is 17.7 Å². The lowest BCUT2D eigenvalue weighted by Crippen LogP contribution is -2.29. The van der Waals surface area contributed by atoms with Crippen LogP contribution in [-0.4, -0.2) is 25.6 Å². The maximum Gasteiger partial charge on any atom is 0.269 e. The second-order valence-electron chi connectivity index (χ2n) is 5.78. The van der Waals surface area contributed by atoms with E-state index in [1.807, 2.05) is 38.1 Å². The fourth-order valence-corrected chi connectivity index (χ4v) is 3.07. The summed E-state index contributed by atoms with van der Waals surface area (Å²) in [5.74, 6) is 1.35. The standard InChI is InChI=1S/C17H16N4O2/c1-10-13-7-12(23-17(13)20-11(2)19-10)9-21-15-6-4-3-5-14(15)18-8-16(21)22/h3-6,8,12H,7,9H2,1-2H3. The minimum absolute atomic E-state index is 0.122. The fraction of sp³-hybridized carbons (Fsp3) is 0.294. The van der Waals surface area contributed by atoms with Crippen LogP contribution in [0.2, 0.25) is 0 Å². The first-order valence-corrected chi connectivity index (χ1v) is 7.57. The first kappa shape index (κ1) is 13.9. The van der Waals surface area contributed by atoms with E-state index in [9.17, 15) is 4.79 Å². The molecule has 6 heteroatoms. The van der Waals surface area contributed by atoms with Gasteiger partial charge in [0.05, 0.1) is 23.8 Å². The van der Waals surface area contributed by atoms with Crippen LogP contribution in [-0.2, 0) is 13.0 Å². The van der Waals surface area contributed by atoms with Gasteiger partial charge >= 0.3 is 0 Å². The summed E-state index contributed by atoms with van der Waals surface area (Å²) >= 11 is 0. The van der Waals surface area contributed by atoms with Gasteiger partial charge in [-0.1, -0.05) is 12.1 Å². The Balaban J connectivity index is 1.70. The zero-order valence-electron chi connectivity index (χ0n) is 13.0. The molecule has 0 fully saturated rings. The maximum atomic E-state index is 12.2. The Kier molecular flexibility index (Phi) is 3.11. The number of ether oxygens (including phenoxy) is 1. The summed E-state index contributed by atoms with van der Waals surface area (Å²) in [5, 5.41) is 0. The zero-order chi connectivity index (χ0) is 16.0. The van der Waals surface area contributed by atoms with E-state index in [1.54, 1.807) is 4.57 Å². The molecule has 0 aliphatic carbocycles. The molecule has 0 radical (unpaired) electrons. The van der Waals surface area contributed by atoms with Crippen LogP contribution in [0.5, 0.6) is 5.88 Å². The van der Waals surface area contributed by atoms with Gasteiger partial charge in [0.25, 0.3) is 5.56 Å². The summed E-state index contributed by atoms with van der Waals surface area (Å²) < 4.78 is 7.66. The molecule has 3 heterocycles. The van der Waals surface area contributed by atoms with Crippen molar-refractivity contribution in [3.8, 4) is 5.88 Å². The highest BCUT2D eigenvalue weighted by molar-refractivity contribution is 5.74. The minimum Gasteiger partial charge on any atom is -0.472 e. The number of fused-ring (bicyclic) bond motifs is 2. The highest BCUT2D eigenvalue weighted by Gasteiger charge is 2.27. The third kappa shape index (κ3) is 2.36. The summed E-state index contributed by atoms with van der Waals surface area (Å²) in [6, 6.07) is 7.62. The van der Waals surface area contributed by atoms with Gasteiger partial charge in [-0.2, -0.15) is 4.98 Å². The van der Waals surface area contributed by atoms with Crippen LogP contribution < -0.4 is 10.3 Å². The van der Waals surface area contributed by atoms with E-state index in [0.29, 0.717) is 24.7 Å². The molecular weight excluding hydrogens is 292 g/mol. The second-order valence-corrected chi connectivity index (χ2v) is 5.78. The van der Waals surface area contributed by atoms with Gasteiger partial charge in [0.1, 0.15) is 11.9 Å². The molecule has 0 spiro atoms. The second kappa shape index (κ2) is 5.15. The minimum atomic E-state index is -0.123. The van der Waals surface area contributed by atoms with Crippen molar-refractivity contribution in [2.75, 3.05) is 0 Å². The summed E-state index contributed by atoms with van der Waals surface area (Å²) in [5.41, 5.74) is 3.48. The predicted octanol–water partition coefficient (Wildman–Crippen LogP) is 1.81. The SMILES string of the molecule is Cc1nc(C)c2c(n1)OC(Cn1c(=O)cnc3ccccc31)C2. The molecule has 0 N–H and O–H groups in total. The van der Waals surface area contributed by atoms with Gasteiger partial charge < -0.3 is 9.30 Å². The molecule has 0 saturated heterocycles. The molecule has 1 atom stereocenters. The van der Waals surface area contributed by atoms with Crippen molar-refractivity contribution in [2.45, 2.75) is 32.9 Å². The van der Waals surface area contributed by atoms with Crippen molar-refractivity contribution < 1.29 is 4.74 Å². The number of hydrogen-bond donors (Lipinski definition) is 0. The van der Waals surface area contributed by atoms with Crippen molar-refractivity contribution in [1.29, 1.82) is 0 Å². The highest BCUT2D eigenvalue weighted by atomic mass is 16.5. The monoisotopic (exact) mass is 308 g/mol. The van der Waals surface area contributed by atoms with Gasteiger partial charge in [-0.3, -0.25) is 4.79 Å². The quantitative estimate of drug-likeness (QED) is 0.722. The molecule has 1 aromatic carbocycles. The zero-order valence-corrected chi connectivity index (χ0v) is 13.0. The van der Waals surface area contributed by atoms with E-state index in [4.69, 9.17) is 4.74 Å². The molecule has 2 aromatic heterocycles. The number of benzene rings is 1. The lowest BCUT2D eigenvalue weighted by atomic mass is 10.1. The van der Waals surface area contributed by atoms with E-state index in [1.165, 1.54) is 6.20 Å². The number of para-hydroxylation sites is 2. The average molecular weight is 308 g/mol. The molecule has 6 nitrogen and oxygen atoms in total. The molecule has 0 saturated carbocycles. The smallest absolute Gasteiger partial charge is 0.269 e. The summed E-state index contributed by atoms with van der Waals surface area (Å²) in [6.45, 7) is 4.29. The number of aryl methyl sites for hydroxylation is 2. The highest BCUT2D eigenvalue weighted by Crippen LogP contribution is 2.29. The van der Waals surface area contributed by atoms with Gasteiger partial charge in [0.2, 0.25) is 5.88 Å². The molecule has 23 heavy (non-hydrogen) atoms. The van der Waals surface area contributed by atoms with E-state index in [-0.39, 0.29) is 11.7 Å². The lowest BCUT2D eigenvalue weighted by Gasteiger charge is -2.14. The van der Waals surface area contributed by atoms with Crippen molar-refractivity contribution in [3.05, 3.63) is 57.9 Å². The number of hydrogen-bond acceptors (Lipinski definition) is 5. The summed E-state index contributed by atoms with van der Waals surface area (Å²) in [6.07, 6.45) is 1.95. The third-order valence-corrected chi connectivity index (χ3v) is 4.14. The third-order valence-electron chi connectivity index (χ3n) is 4.14. The molecule has 3 aromatic rings. The molecular formula is C17H16N4O2. The largest absolute Gasteiger partial charge is 0.472 e. The van der Waals surface area contributed by atoms with Crippen LogP contribution >= 0.6 is 0 Å². The van der Waals surface area contributed by atoms with Crippen LogP contribution in [0.15, 0.2) is 35.3 Å². The Morgan fingerprint density at radius 2 is 2.09 bits per heavy atom. The average Bonchev–Trinajstić information content (AvgIpc) is 2.93. The molecule has 0 amide bonds. The predicted molar refractivity (Wildman–Crippen MR) is 85.6 cm³/mol. The van der Waals surface area contributed by atoms with Crippen LogP contribution in [0.4, 0.5) is 0 Å². The fourth-order valence-electron chi connectivity index (χ4n) is 3.07. The Bertz CT molecular complexity index is 964. The first-order chi connectivity index (χ1) is 11.1. The van der Waals surface area contributed by atoms with Gasteiger partial charge in [-0.05, 0) is 26.0 Å². The van der Waals surface area contributed by atoms with Crippen LogP contribution in [0.3, 0.4) is 0 Å². The maximum absolute atomic E-state index is 12.2. The van der Waals surface area contributed by atoms with E-state index in [2.05, 4.69) is 15.0 Å². The lowest BCUT2D eigenvalue weighted by molar-refractivity contribution is 0.202. The van der Waals surface area contributed by atoms with Gasteiger partial charge in [0.15, 0.2) is 0 Å². The van der Waals surface area contributed by atoms with Crippen molar-refractivity contribution in [3.63, 3.8) is 0 Å². The number of nitrogens with zero attached hydrogens (tertiary/aromatic N) is 4. The molecule has 1 aliphatic heterocycles. The Morgan fingerprint density at radius 1 is 1.26 bits per heavy atom. The van der Waals surface area contributed by atoms with Crippen molar-refractivity contribution in [1.82, 2.24) is 19.5 Å². The van der Waals surface area contributed by atoms with Gasteiger partial charge in [-0.15, -0.1) is 0 Å². The Hall–Kier alpha value is -2.76. The van der Waals surface area contributed by atoms with Gasteiger partial charge in [-0.25, -0.2) is 9.97 Å². The number of rotatable bonds is 2. The molecule has 4 rings (SSSR count). The van der Waals surface area contributed by atoms with Crippen molar-refractivity contribution >= 4 is 11.0 Å². The van der Waals surface area contributed by atoms with Crippen LogP contribution in [0.25, 0.3) is 11.0 Å². The molecule has 0 bridgehead atoms. The van der Waals surface area contributed by atoms with E-state index < -0.39 is 0 Å².